The second kappa shape index (κ2) is 6.79. The number of aryl methyl sites for hydroxylation is 2. The first kappa shape index (κ1) is 17.0. The van der Waals surface area contributed by atoms with Crippen molar-refractivity contribution in [3.8, 4) is 5.75 Å². The van der Waals surface area contributed by atoms with E-state index in [-0.39, 0.29) is 11.0 Å². The molecule has 22 heavy (non-hydrogen) atoms. The van der Waals surface area contributed by atoms with Gasteiger partial charge in [0.25, 0.3) is 0 Å². The minimum absolute atomic E-state index is 0.142. The van der Waals surface area contributed by atoms with E-state index in [0.29, 0.717) is 14.3 Å². The number of rotatable bonds is 5. The average Bonchev–Trinajstić information content (AvgIpc) is 2.51. The van der Waals surface area contributed by atoms with Gasteiger partial charge in [-0.15, -0.1) is 0 Å². The van der Waals surface area contributed by atoms with E-state index in [1.54, 1.807) is 6.07 Å². The zero-order valence-electron chi connectivity index (χ0n) is 13.7. The molecule has 2 aromatic rings. The fourth-order valence-corrected chi connectivity index (χ4v) is 4.60. The van der Waals surface area contributed by atoms with E-state index in [1.807, 2.05) is 38.1 Å². The van der Waals surface area contributed by atoms with Gasteiger partial charge >= 0.3 is 0 Å². The molecule has 0 saturated carbocycles. The Kier molecular flexibility index (Phi) is 5.24. The summed E-state index contributed by atoms with van der Waals surface area (Å²) in [7, 11) is 0.299. The number of benzene rings is 2. The van der Waals surface area contributed by atoms with Crippen LogP contribution in [0.1, 0.15) is 43.4 Å². The number of halogens is 1. The molecule has 1 atom stereocenters. The summed E-state index contributed by atoms with van der Waals surface area (Å²) in [5.41, 5.74) is 2.80. The van der Waals surface area contributed by atoms with Crippen molar-refractivity contribution in [2.75, 3.05) is 0 Å². The maximum atomic E-state index is 14.3. The topological polar surface area (TPSA) is 20.2 Å². The molecule has 1 N–H and O–H groups in total. The van der Waals surface area contributed by atoms with Crippen LogP contribution in [0.25, 0.3) is 0 Å². The molecule has 0 aliphatic carbocycles. The van der Waals surface area contributed by atoms with Crippen molar-refractivity contribution < 1.29 is 9.50 Å². The van der Waals surface area contributed by atoms with E-state index in [2.05, 4.69) is 13.8 Å². The normalized spacial score (nSPS) is 12.2. The van der Waals surface area contributed by atoms with E-state index < -0.39 is 0 Å². The monoisotopic (exact) mass is 318 g/mol. The molecule has 118 valence electrons. The molecule has 2 rings (SSSR count). The Bertz CT molecular complexity index is 642. The summed E-state index contributed by atoms with van der Waals surface area (Å²) in [4.78, 5) is 0. The molecule has 0 saturated heterocycles. The van der Waals surface area contributed by atoms with Crippen LogP contribution < -0.4 is 5.30 Å². The number of para-hydroxylation sites is 1. The number of hydrogen-bond acceptors (Lipinski definition) is 1. The first-order chi connectivity index (χ1) is 10.4. The van der Waals surface area contributed by atoms with Gasteiger partial charge in [-0.25, -0.2) is 4.39 Å². The molecular formula is C19H24FOP. The minimum Gasteiger partial charge on any atom is -0.507 e. The standard InChI is InChI=1S/C19H24FOP/c1-5-19(6-2,15-11-7-9-13(3)17(15)21)22-18-14(4)10-8-12-16(18)20/h7-12,21-22H,5-6H2,1-4H3. The molecular weight excluding hydrogens is 294 g/mol. The van der Waals surface area contributed by atoms with Crippen LogP contribution in [0.3, 0.4) is 0 Å². The van der Waals surface area contributed by atoms with Crippen molar-refractivity contribution in [1.29, 1.82) is 0 Å². The lowest BCUT2D eigenvalue weighted by Crippen LogP contribution is -2.24. The summed E-state index contributed by atoms with van der Waals surface area (Å²) in [6, 6.07) is 11.1. The summed E-state index contributed by atoms with van der Waals surface area (Å²) < 4.78 is 14.3. The van der Waals surface area contributed by atoms with Crippen LogP contribution in [0.15, 0.2) is 36.4 Å². The number of aromatic hydroxyl groups is 1. The van der Waals surface area contributed by atoms with E-state index in [9.17, 15) is 9.50 Å². The highest BCUT2D eigenvalue weighted by Crippen LogP contribution is 2.50. The average molecular weight is 318 g/mol. The lowest BCUT2D eigenvalue weighted by Gasteiger charge is -2.34. The van der Waals surface area contributed by atoms with Crippen molar-refractivity contribution >= 4 is 13.9 Å². The number of hydrogen-bond donors (Lipinski definition) is 1. The molecule has 0 amide bonds. The van der Waals surface area contributed by atoms with Gasteiger partial charge in [0.2, 0.25) is 0 Å². The van der Waals surface area contributed by atoms with Gasteiger partial charge in [-0.3, -0.25) is 0 Å². The van der Waals surface area contributed by atoms with Gasteiger partial charge in [0.15, 0.2) is 0 Å². The Morgan fingerprint density at radius 3 is 2.18 bits per heavy atom. The second-order valence-electron chi connectivity index (χ2n) is 5.82. The Labute approximate surface area is 134 Å². The fourth-order valence-electron chi connectivity index (χ4n) is 2.95. The molecule has 0 aliphatic heterocycles. The van der Waals surface area contributed by atoms with Crippen molar-refractivity contribution in [3.05, 3.63) is 58.9 Å². The number of phenolic OH excluding ortho intramolecular Hbond substituents is 1. The quantitative estimate of drug-likeness (QED) is 0.754. The Morgan fingerprint density at radius 2 is 1.59 bits per heavy atom. The Balaban J connectivity index is 2.56. The van der Waals surface area contributed by atoms with E-state index in [0.717, 1.165) is 34.8 Å². The Hall–Kier alpha value is -1.40. The van der Waals surface area contributed by atoms with Gasteiger partial charge in [0, 0.05) is 16.0 Å². The summed E-state index contributed by atoms with van der Waals surface area (Å²) in [6.07, 6.45) is 1.74. The molecule has 2 aromatic carbocycles. The second-order valence-corrected chi connectivity index (χ2v) is 7.52. The molecule has 0 spiro atoms. The van der Waals surface area contributed by atoms with Crippen molar-refractivity contribution in [2.24, 2.45) is 0 Å². The third kappa shape index (κ3) is 3.03. The van der Waals surface area contributed by atoms with Crippen molar-refractivity contribution in [3.63, 3.8) is 0 Å². The molecule has 0 radical (unpaired) electrons. The van der Waals surface area contributed by atoms with Crippen LogP contribution in [0, 0.1) is 19.7 Å². The van der Waals surface area contributed by atoms with Gasteiger partial charge in [-0.1, -0.05) is 52.8 Å². The molecule has 0 bridgehead atoms. The third-order valence-corrected chi connectivity index (χ3v) is 6.88. The van der Waals surface area contributed by atoms with Crippen molar-refractivity contribution in [2.45, 2.75) is 45.7 Å². The molecule has 0 aromatic heterocycles. The van der Waals surface area contributed by atoms with E-state index >= 15 is 0 Å². The molecule has 1 nitrogen and oxygen atoms in total. The zero-order valence-corrected chi connectivity index (χ0v) is 14.7. The van der Waals surface area contributed by atoms with Gasteiger partial charge in [0.05, 0.1) is 0 Å². The van der Waals surface area contributed by atoms with Crippen LogP contribution in [0.4, 0.5) is 4.39 Å². The summed E-state index contributed by atoms with van der Waals surface area (Å²) in [5.74, 6) is 0.212. The van der Waals surface area contributed by atoms with Crippen molar-refractivity contribution in [1.82, 2.24) is 0 Å². The summed E-state index contributed by atoms with van der Waals surface area (Å²) in [6.45, 7) is 8.10. The van der Waals surface area contributed by atoms with Gasteiger partial charge in [-0.2, -0.15) is 0 Å². The molecule has 3 heteroatoms. The van der Waals surface area contributed by atoms with Crippen LogP contribution in [0.2, 0.25) is 0 Å². The maximum Gasteiger partial charge on any atom is 0.130 e. The van der Waals surface area contributed by atoms with Gasteiger partial charge in [0.1, 0.15) is 11.6 Å². The highest BCUT2D eigenvalue weighted by Gasteiger charge is 2.33. The highest BCUT2D eigenvalue weighted by molar-refractivity contribution is 7.48. The predicted octanol–water partition coefficient (Wildman–Crippen LogP) is 5.17. The van der Waals surface area contributed by atoms with Crippen LogP contribution in [-0.2, 0) is 5.16 Å². The molecule has 0 aliphatic rings. The Morgan fingerprint density at radius 1 is 1.00 bits per heavy atom. The van der Waals surface area contributed by atoms with Crippen LogP contribution in [0.5, 0.6) is 5.75 Å². The first-order valence-electron chi connectivity index (χ1n) is 7.77. The third-order valence-electron chi connectivity index (χ3n) is 4.55. The predicted molar refractivity (Wildman–Crippen MR) is 94.2 cm³/mol. The lowest BCUT2D eigenvalue weighted by atomic mass is 9.90. The van der Waals surface area contributed by atoms with Crippen LogP contribution in [-0.4, -0.2) is 5.11 Å². The summed E-state index contributed by atoms with van der Waals surface area (Å²) in [5, 5.41) is 11.1. The highest BCUT2D eigenvalue weighted by atomic mass is 31.1. The molecule has 1 unspecified atom stereocenters. The van der Waals surface area contributed by atoms with Crippen LogP contribution >= 0.6 is 8.58 Å². The lowest BCUT2D eigenvalue weighted by molar-refractivity contribution is 0.444. The smallest absolute Gasteiger partial charge is 0.130 e. The number of phenols is 1. The SMILES string of the molecule is CCC(CC)(Pc1c(C)cccc1F)c1cccc(C)c1O. The minimum atomic E-state index is -0.219. The largest absolute Gasteiger partial charge is 0.507 e. The first-order valence-corrected chi connectivity index (χ1v) is 8.77. The maximum absolute atomic E-state index is 14.3. The van der Waals surface area contributed by atoms with E-state index in [4.69, 9.17) is 0 Å². The van der Waals surface area contributed by atoms with E-state index in [1.165, 1.54) is 6.07 Å². The van der Waals surface area contributed by atoms with Gasteiger partial charge < -0.3 is 5.11 Å². The molecule has 0 fully saturated rings. The summed E-state index contributed by atoms with van der Waals surface area (Å²) >= 11 is 0. The fraction of sp³-hybridized carbons (Fsp3) is 0.368. The molecule has 0 heterocycles. The van der Waals surface area contributed by atoms with Gasteiger partial charge in [-0.05, 0) is 43.9 Å². The zero-order chi connectivity index (χ0) is 16.3.